The van der Waals surface area contributed by atoms with Crippen molar-refractivity contribution in [2.24, 2.45) is 0 Å². The number of nitrogens with zero attached hydrogens (tertiary/aromatic N) is 3. The number of imidazole rings is 1. The minimum Gasteiger partial charge on any atom is -0.329 e. The SMILES string of the molecule is CCCNCc1nccn1Cc1ccc([N+](=O)[O-])cc1Br. The Hall–Kier alpha value is -1.73. The lowest BCUT2D eigenvalue weighted by Crippen LogP contribution is -2.18. The molecule has 0 saturated heterocycles. The molecule has 7 heteroatoms. The molecule has 0 atom stereocenters. The van der Waals surface area contributed by atoms with E-state index in [1.165, 1.54) is 12.1 Å². The summed E-state index contributed by atoms with van der Waals surface area (Å²) >= 11 is 3.40. The van der Waals surface area contributed by atoms with Gasteiger partial charge in [0.25, 0.3) is 5.69 Å². The van der Waals surface area contributed by atoms with Crippen molar-refractivity contribution in [2.45, 2.75) is 26.4 Å². The summed E-state index contributed by atoms with van der Waals surface area (Å²) in [6.07, 6.45) is 4.76. The molecule has 1 heterocycles. The number of aromatic nitrogens is 2. The first-order chi connectivity index (χ1) is 10.1. The minimum absolute atomic E-state index is 0.0843. The van der Waals surface area contributed by atoms with Crippen LogP contribution in [0.4, 0.5) is 5.69 Å². The van der Waals surface area contributed by atoms with Crippen LogP contribution in [-0.2, 0) is 13.1 Å². The largest absolute Gasteiger partial charge is 0.329 e. The Kier molecular flexibility index (Phi) is 5.46. The van der Waals surface area contributed by atoms with Crippen LogP contribution in [-0.4, -0.2) is 21.0 Å². The molecular weight excluding hydrogens is 336 g/mol. The van der Waals surface area contributed by atoms with Gasteiger partial charge in [-0.05, 0) is 24.6 Å². The maximum Gasteiger partial charge on any atom is 0.270 e. The van der Waals surface area contributed by atoms with E-state index in [0.29, 0.717) is 13.1 Å². The second-order valence-corrected chi connectivity index (χ2v) is 5.54. The Bertz CT molecular complexity index is 627. The van der Waals surface area contributed by atoms with E-state index in [9.17, 15) is 10.1 Å². The highest BCUT2D eigenvalue weighted by atomic mass is 79.9. The topological polar surface area (TPSA) is 73.0 Å². The molecule has 0 aliphatic rings. The Morgan fingerprint density at radius 1 is 1.48 bits per heavy atom. The zero-order chi connectivity index (χ0) is 15.2. The van der Waals surface area contributed by atoms with Gasteiger partial charge in [-0.2, -0.15) is 0 Å². The van der Waals surface area contributed by atoms with Crippen LogP contribution in [0.1, 0.15) is 24.7 Å². The van der Waals surface area contributed by atoms with Crippen molar-refractivity contribution in [2.75, 3.05) is 6.54 Å². The predicted octanol–water partition coefficient (Wildman–Crippen LogP) is 3.10. The van der Waals surface area contributed by atoms with E-state index in [1.807, 2.05) is 10.8 Å². The minimum atomic E-state index is -0.397. The molecule has 112 valence electrons. The molecule has 0 unspecified atom stereocenters. The number of nitro benzene ring substituents is 1. The number of hydrogen-bond donors (Lipinski definition) is 1. The zero-order valence-corrected chi connectivity index (χ0v) is 13.3. The van der Waals surface area contributed by atoms with Gasteiger partial charge in [0.1, 0.15) is 5.82 Å². The average molecular weight is 353 g/mol. The molecule has 0 aliphatic carbocycles. The van der Waals surface area contributed by atoms with Gasteiger partial charge in [-0.15, -0.1) is 0 Å². The van der Waals surface area contributed by atoms with Gasteiger partial charge in [-0.1, -0.05) is 22.9 Å². The lowest BCUT2D eigenvalue weighted by Gasteiger charge is -2.10. The molecular formula is C14H17BrN4O2. The molecule has 1 N–H and O–H groups in total. The van der Waals surface area contributed by atoms with Crippen molar-refractivity contribution in [3.63, 3.8) is 0 Å². The van der Waals surface area contributed by atoms with Crippen LogP contribution in [0.2, 0.25) is 0 Å². The van der Waals surface area contributed by atoms with Crippen LogP contribution in [0, 0.1) is 10.1 Å². The van der Waals surface area contributed by atoms with Gasteiger partial charge >= 0.3 is 0 Å². The van der Waals surface area contributed by atoms with Crippen molar-refractivity contribution in [1.29, 1.82) is 0 Å². The molecule has 21 heavy (non-hydrogen) atoms. The highest BCUT2D eigenvalue weighted by Crippen LogP contribution is 2.24. The van der Waals surface area contributed by atoms with Gasteiger partial charge < -0.3 is 9.88 Å². The van der Waals surface area contributed by atoms with E-state index < -0.39 is 4.92 Å². The smallest absolute Gasteiger partial charge is 0.270 e. The third kappa shape index (κ3) is 4.12. The summed E-state index contributed by atoms with van der Waals surface area (Å²) in [6.45, 7) is 4.41. The van der Waals surface area contributed by atoms with Crippen LogP contribution >= 0.6 is 15.9 Å². The number of nitro groups is 1. The van der Waals surface area contributed by atoms with Crippen molar-refractivity contribution in [3.8, 4) is 0 Å². The van der Waals surface area contributed by atoms with E-state index in [1.54, 1.807) is 12.3 Å². The Balaban J connectivity index is 2.11. The van der Waals surface area contributed by atoms with Gasteiger partial charge in [0.2, 0.25) is 0 Å². The summed E-state index contributed by atoms with van der Waals surface area (Å²) < 4.78 is 2.77. The van der Waals surface area contributed by atoms with E-state index >= 15 is 0 Å². The highest BCUT2D eigenvalue weighted by molar-refractivity contribution is 9.10. The number of benzene rings is 1. The molecule has 1 aromatic carbocycles. The van der Waals surface area contributed by atoms with Gasteiger partial charge in [-0.25, -0.2) is 4.98 Å². The molecule has 0 aliphatic heterocycles. The van der Waals surface area contributed by atoms with Crippen LogP contribution in [0.3, 0.4) is 0 Å². The third-order valence-electron chi connectivity index (χ3n) is 3.10. The fourth-order valence-electron chi connectivity index (χ4n) is 1.99. The number of nitrogens with one attached hydrogen (secondary N) is 1. The Morgan fingerprint density at radius 2 is 2.29 bits per heavy atom. The summed E-state index contributed by atoms with van der Waals surface area (Å²) in [6, 6.07) is 4.82. The first-order valence-corrected chi connectivity index (χ1v) is 7.54. The number of hydrogen-bond acceptors (Lipinski definition) is 4. The summed E-state index contributed by atoms with van der Waals surface area (Å²) in [7, 11) is 0. The molecule has 2 rings (SSSR count). The second-order valence-electron chi connectivity index (χ2n) is 4.68. The monoisotopic (exact) mass is 352 g/mol. The molecule has 0 spiro atoms. The van der Waals surface area contributed by atoms with E-state index in [0.717, 1.165) is 28.8 Å². The Morgan fingerprint density at radius 3 is 2.95 bits per heavy atom. The molecule has 0 amide bonds. The maximum atomic E-state index is 10.7. The van der Waals surface area contributed by atoms with Gasteiger partial charge in [0.05, 0.1) is 11.5 Å². The van der Waals surface area contributed by atoms with Crippen molar-refractivity contribution in [1.82, 2.24) is 14.9 Å². The zero-order valence-electron chi connectivity index (χ0n) is 11.8. The van der Waals surface area contributed by atoms with Crippen LogP contribution < -0.4 is 5.32 Å². The summed E-state index contributed by atoms with van der Waals surface area (Å²) in [5, 5.41) is 14.1. The molecule has 0 radical (unpaired) electrons. The number of halogens is 1. The Labute approximate surface area is 131 Å². The lowest BCUT2D eigenvalue weighted by atomic mass is 10.2. The van der Waals surface area contributed by atoms with Crippen LogP contribution in [0.25, 0.3) is 0 Å². The maximum absolute atomic E-state index is 10.7. The van der Waals surface area contributed by atoms with Crippen molar-refractivity contribution in [3.05, 3.63) is 56.6 Å². The summed E-state index contributed by atoms with van der Waals surface area (Å²) in [5.41, 5.74) is 1.07. The molecule has 6 nitrogen and oxygen atoms in total. The van der Waals surface area contributed by atoms with Gasteiger partial charge in [0.15, 0.2) is 0 Å². The normalized spacial score (nSPS) is 10.8. The average Bonchev–Trinajstić information content (AvgIpc) is 2.88. The van der Waals surface area contributed by atoms with E-state index in [2.05, 4.69) is 33.2 Å². The molecule has 1 aromatic heterocycles. The predicted molar refractivity (Wildman–Crippen MR) is 84.1 cm³/mol. The fraction of sp³-hybridized carbons (Fsp3) is 0.357. The van der Waals surface area contributed by atoms with E-state index in [4.69, 9.17) is 0 Å². The number of non-ortho nitro benzene ring substituents is 1. The third-order valence-corrected chi connectivity index (χ3v) is 3.84. The fourth-order valence-corrected chi connectivity index (χ4v) is 2.48. The second kappa shape index (κ2) is 7.33. The highest BCUT2D eigenvalue weighted by Gasteiger charge is 2.10. The quantitative estimate of drug-likeness (QED) is 0.472. The molecule has 0 bridgehead atoms. The molecule has 2 aromatic rings. The van der Waals surface area contributed by atoms with Crippen molar-refractivity contribution < 1.29 is 4.92 Å². The molecule has 0 fully saturated rings. The summed E-state index contributed by atoms with van der Waals surface area (Å²) in [4.78, 5) is 14.7. The van der Waals surface area contributed by atoms with Crippen LogP contribution in [0.5, 0.6) is 0 Å². The summed E-state index contributed by atoms with van der Waals surface area (Å²) in [5.74, 6) is 0.953. The van der Waals surface area contributed by atoms with E-state index in [-0.39, 0.29) is 5.69 Å². The van der Waals surface area contributed by atoms with Gasteiger partial charge in [-0.3, -0.25) is 10.1 Å². The van der Waals surface area contributed by atoms with Crippen molar-refractivity contribution >= 4 is 21.6 Å². The molecule has 0 saturated carbocycles. The first kappa shape index (κ1) is 15.7. The first-order valence-electron chi connectivity index (χ1n) is 6.75. The van der Waals surface area contributed by atoms with Crippen LogP contribution in [0.15, 0.2) is 35.1 Å². The lowest BCUT2D eigenvalue weighted by molar-refractivity contribution is -0.384. The van der Waals surface area contributed by atoms with Gasteiger partial charge in [0, 0.05) is 35.5 Å². The standard InChI is InChI=1S/C14H17BrN4O2/c1-2-5-16-9-14-17-6-7-18(14)10-11-3-4-12(19(20)21)8-13(11)15/h3-4,6-8,16H,2,5,9-10H2,1H3. The number of rotatable bonds is 7.